The van der Waals surface area contributed by atoms with Crippen LogP contribution < -0.4 is 4.74 Å². The molecule has 4 rings (SSSR count). The van der Waals surface area contributed by atoms with Crippen molar-refractivity contribution in [2.75, 3.05) is 0 Å². The first-order valence-corrected chi connectivity index (χ1v) is 7.79. The van der Waals surface area contributed by atoms with Gasteiger partial charge in [0.25, 0.3) is 0 Å². The summed E-state index contributed by atoms with van der Waals surface area (Å²) >= 11 is 12.1. The molecule has 0 spiro atoms. The van der Waals surface area contributed by atoms with Crippen LogP contribution >= 0.6 is 23.2 Å². The molecule has 0 N–H and O–H groups in total. The Morgan fingerprint density at radius 2 is 1.92 bits per heavy atom. The third-order valence-electron chi connectivity index (χ3n) is 3.33. The van der Waals surface area contributed by atoms with Crippen LogP contribution in [-0.2, 0) is 6.61 Å². The van der Waals surface area contributed by atoms with Crippen LogP contribution in [0.5, 0.6) is 6.08 Å². The van der Waals surface area contributed by atoms with Gasteiger partial charge in [0.05, 0.1) is 15.7 Å². The van der Waals surface area contributed by atoms with Crippen molar-refractivity contribution in [3.8, 4) is 17.5 Å². The summed E-state index contributed by atoms with van der Waals surface area (Å²) in [5.74, 6) is 0.373. The zero-order valence-electron chi connectivity index (χ0n) is 12.2. The van der Waals surface area contributed by atoms with Crippen LogP contribution in [0.2, 0.25) is 10.0 Å². The van der Waals surface area contributed by atoms with Gasteiger partial charge in [-0.1, -0.05) is 40.5 Å². The molecule has 24 heavy (non-hydrogen) atoms. The third kappa shape index (κ3) is 2.93. The van der Waals surface area contributed by atoms with Crippen LogP contribution in [0.15, 0.2) is 53.3 Å². The van der Waals surface area contributed by atoms with Gasteiger partial charge in [0.1, 0.15) is 12.3 Å². The minimum atomic E-state index is 0.0556. The summed E-state index contributed by atoms with van der Waals surface area (Å²) in [7, 11) is 0. The number of aromatic nitrogens is 4. The SMILES string of the molecule is Clc1ccc2nc(COc3nc(-c4ccccc4Cl)no3)cn2c1. The maximum atomic E-state index is 6.11. The van der Waals surface area contributed by atoms with Crippen LogP contribution in [0.1, 0.15) is 5.69 Å². The minimum Gasteiger partial charge on any atom is -0.442 e. The van der Waals surface area contributed by atoms with E-state index in [9.17, 15) is 0 Å². The lowest BCUT2D eigenvalue weighted by molar-refractivity contribution is 0.193. The molecule has 1 aromatic carbocycles. The Balaban J connectivity index is 1.50. The van der Waals surface area contributed by atoms with Gasteiger partial charge in [-0.05, 0) is 24.3 Å². The standard InChI is InChI=1S/C16H10Cl2N4O2/c17-10-5-6-14-19-11(8-22(14)7-10)9-23-16-20-15(21-24-16)12-3-1-2-4-13(12)18/h1-8H,9H2. The maximum absolute atomic E-state index is 6.11. The van der Waals surface area contributed by atoms with Crippen LogP contribution in [0.4, 0.5) is 0 Å². The fourth-order valence-corrected chi connectivity index (χ4v) is 2.63. The maximum Gasteiger partial charge on any atom is 0.418 e. The molecule has 3 aromatic heterocycles. The van der Waals surface area contributed by atoms with E-state index in [2.05, 4.69) is 15.1 Å². The number of halogens is 2. The molecule has 0 aliphatic heterocycles. The summed E-state index contributed by atoms with van der Waals surface area (Å²) in [6.07, 6.45) is 3.65. The van der Waals surface area contributed by atoms with Gasteiger partial charge in [-0.3, -0.25) is 4.52 Å². The largest absolute Gasteiger partial charge is 0.442 e. The van der Waals surface area contributed by atoms with Gasteiger partial charge in [-0.15, -0.1) is 0 Å². The van der Waals surface area contributed by atoms with Crippen molar-refractivity contribution in [1.29, 1.82) is 0 Å². The molecule has 8 heteroatoms. The van der Waals surface area contributed by atoms with Crippen molar-refractivity contribution in [3.05, 3.63) is 64.5 Å². The summed E-state index contributed by atoms with van der Waals surface area (Å²) in [6, 6.07) is 10.9. The summed E-state index contributed by atoms with van der Waals surface area (Å²) in [6.45, 7) is 0.198. The zero-order valence-corrected chi connectivity index (χ0v) is 13.7. The molecule has 0 unspecified atom stereocenters. The van der Waals surface area contributed by atoms with E-state index in [1.54, 1.807) is 18.3 Å². The average Bonchev–Trinajstić information content (AvgIpc) is 3.19. The summed E-state index contributed by atoms with van der Waals surface area (Å²) in [5, 5.41) is 5.05. The van der Waals surface area contributed by atoms with Gasteiger partial charge in [-0.25, -0.2) is 4.98 Å². The van der Waals surface area contributed by atoms with Gasteiger partial charge in [0, 0.05) is 18.0 Å². The molecule has 120 valence electrons. The predicted molar refractivity (Wildman–Crippen MR) is 89.3 cm³/mol. The van der Waals surface area contributed by atoms with Gasteiger partial charge in [0.15, 0.2) is 0 Å². The van der Waals surface area contributed by atoms with Gasteiger partial charge >= 0.3 is 6.08 Å². The van der Waals surface area contributed by atoms with E-state index >= 15 is 0 Å². The van der Waals surface area contributed by atoms with Gasteiger partial charge < -0.3 is 9.14 Å². The van der Waals surface area contributed by atoms with E-state index in [4.69, 9.17) is 32.5 Å². The highest BCUT2D eigenvalue weighted by Crippen LogP contribution is 2.26. The van der Waals surface area contributed by atoms with E-state index in [1.165, 1.54) is 0 Å². The molecule has 0 aliphatic rings. The molecule has 0 bridgehead atoms. The lowest BCUT2D eigenvalue weighted by atomic mass is 10.2. The molecule has 0 saturated heterocycles. The van der Waals surface area contributed by atoms with E-state index in [-0.39, 0.29) is 12.7 Å². The molecule has 6 nitrogen and oxygen atoms in total. The summed E-state index contributed by atoms with van der Waals surface area (Å²) in [5.41, 5.74) is 2.18. The first-order valence-electron chi connectivity index (χ1n) is 7.03. The number of benzene rings is 1. The van der Waals surface area contributed by atoms with E-state index in [0.717, 1.165) is 11.3 Å². The molecular formula is C16H10Cl2N4O2. The fraction of sp³-hybridized carbons (Fsp3) is 0.0625. The van der Waals surface area contributed by atoms with Crippen LogP contribution in [-0.4, -0.2) is 19.5 Å². The van der Waals surface area contributed by atoms with Crippen LogP contribution in [0, 0.1) is 0 Å². The first kappa shape index (κ1) is 15.0. The summed E-state index contributed by atoms with van der Waals surface area (Å²) in [4.78, 5) is 8.60. The smallest absolute Gasteiger partial charge is 0.418 e. The van der Waals surface area contributed by atoms with Crippen molar-refractivity contribution in [2.45, 2.75) is 6.61 Å². The molecule has 0 aliphatic carbocycles. The number of imidazole rings is 1. The highest BCUT2D eigenvalue weighted by molar-refractivity contribution is 6.33. The topological polar surface area (TPSA) is 65.5 Å². The average molecular weight is 361 g/mol. The molecular weight excluding hydrogens is 351 g/mol. The monoisotopic (exact) mass is 360 g/mol. The molecule has 0 amide bonds. The molecule has 0 radical (unpaired) electrons. The Labute approximate surface area is 146 Å². The quantitative estimate of drug-likeness (QED) is 0.543. The Morgan fingerprint density at radius 1 is 1.04 bits per heavy atom. The third-order valence-corrected chi connectivity index (χ3v) is 3.88. The van der Waals surface area contributed by atoms with Crippen molar-refractivity contribution < 1.29 is 9.26 Å². The van der Waals surface area contributed by atoms with Gasteiger partial charge in [0.2, 0.25) is 5.82 Å². The Morgan fingerprint density at radius 3 is 2.79 bits per heavy atom. The Bertz CT molecular complexity index is 1010. The highest BCUT2D eigenvalue weighted by Gasteiger charge is 2.13. The van der Waals surface area contributed by atoms with E-state index in [0.29, 0.717) is 21.4 Å². The molecule has 3 heterocycles. The Kier molecular flexibility index (Phi) is 3.84. The van der Waals surface area contributed by atoms with Crippen molar-refractivity contribution >= 4 is 28.8 Å². The minimum absolute atomic E-state index is 0.0556. The van der Waals surface area contributed by atoms with Gasteiger partial charge in [-0.2, -0.15) is 4.98 Å². The second kappa shape index (κ2) is 6.14. The van der Waals surface area contributed by atoms with E-state index in [1.807, 2.05) is 34.9 Å². The second-order valence-corrected chi connectivity index (χ2v) is 5.84. The van der Waals surface area contributed by atoms with Crippen molar-refractivity contribution in [2.24, 2.45) is 0 Å². The highest BCUT2D eigenvalue weighted by atomic mass is 35.5. The van der Waals surface area contributed by atoms with Crippen molar-refractivity contribution in [1.82, 2.24) is 19.5 Å². The van der Waals surface area contributed by atoms with Crippen molar-refractivity contribution in [3.63, 3.8) is 0 Å². The molecule has 0 atom stereocenters. The van der Waals surface area contributed by atoms with Crippen LogP contribution in [0.3, 0.4) is 0 Å². The number of nitrogens with zero attached hydrogens (tertiary/aromatic N) is 4. The number of ether oxygens (including phenoxy) is 1. The number of pyridine rings is 1. The normalized spacial score (nSPS) is 11.1. The number of hydrogen-bond donors (Lipinski definition) is 0. The lowest BCUT2D eigenvalue weighted by Gasteiger charge is -1.97. The second-order valence-electron chi connectivity index (χ2n) is 5.00. The molecule has 4 aromatic rings. The Hall–Kier alpha value is -2.57. The number of hydrogen-bond acceptors (Lipinski definition) is 5. The number of fused-ring (bicyclic) bond motifs is 1. The zero-order chi connectivity index (χ0) is 16.5. The molecule has 0 saturated carbocycles. The summed E-state index contributed by atoms with van der Waals surface area (Å²) < 4.78 is 12.4. The first-order chi connectivity index (χ1) is 11.7. The molecule has 0 fully saturated rings. The predicted octanol–water partition coefficient (Wildman–Crippen LogP) is 4.27. The van der Waals surface area contributed by atoms with Crippen LogP contribution in [0.25, 0.3) is 17.0 Å². The van der Waals surface area contributed by atoms with E-state index < -0.39 is 0 Å². The lowest BCUT2D eigenvalue weighted by Crippen LogP contribution is -1.95. The fourth-order valence-electron chi connectivity index (χ4n) is 2.24. The number of rotatable bonds is 4.